The van der Waals surface area contributed by atoms with Crippen LogP contribution in [0.5, 0.6) is 0 Å². The average molecular weight is 299 g/mol. The number of nitrogens with zero attached hydrogens (tertiary/aromatic N) is 4. The highest BCUT2D eigenvalue weighted by atomic mass is 32.2. The van der Waals surface area contributed by atoms with Crippen molar-refractivity contribution in [2.75, 3.05) is 5.75 Å². The molecule has 112 valence electrons. The van der Waals surface area contributed by atoms with Crippen LogP contribution in [0.3, 0.4) is 0 Å². The van der Waals surface area contributed by atoms with Gasteiger partial charge in [-0.2, -0.15) is 0 Å². The van der Waals surface area contributed by atoms with Crippen molar-refractivity contribution in [1.29, 1.82) is 0 Å². The zero-order chi connectivity index (χ0) is 15.0. The third-order valence-corrected chi connectivity index (χ3v) is 4.60. The Hall–Kier alpha value is -1.15. The first kappa shape index (κ1) is 15.2. The Morgan fingerprint density at radius 1 is 1.45 bits per heavy atom. The van der Waals surface area contributed by atoms with Gasteiger partial charge in [-0.15, -0.1) is 5.10 Å². The normalized spacial score (nSPS) is 16.2. The maximum Gasteiger partial charge on any atom is 0.230 e. The van der Waals surface area contributed by atoms with Crippen LogP contribution in [0.2, 0.25) is 0 Å². The number of hydrogen-bond donors (Lipinski definition) is 2. The molecule has 8 heteroatoms. The minimum Gasteiger partial charge on any atom is -0.388 e. The molecule has 7 nitrogen and oxygen atoms in total. The summed E-state index contributed by atoms with van der Waals surface area (Å²) >= 11 is 1.31. The van der Waals surface area contributed by atoms with Crippen LogP contribution in [0.25, 0.3) is 0 Å². The molecule has 0 radical (unpaired) electrons. The number of hydrogen-bond acceptors (Lipinski definition) is 6. The lowest BCUT2D eigenvalue weighted by atomic mass is 9.86. The molecular weight excluding hydrogens is 278 g/mol. The Morgan fingerprint density at radius 3 is 2.65 bits per heavy atom. The van der Waals surface area contributed by atoms with Crippen molar-refractivity contribution in [3.05, 3.63) is 0 Å². The predicted octanol–water partition coefficient (Wildman–Crippen LogP) is 0.766. The summed E-state index contributed by atoms with van der Waals surface area (Å²) in [5.74, 6) is 0.0829. The third kappa shape index (κ3) is 3.49. The van der Waals surface area contributed by atoms with Crippen molar-refractivity contribution in [3.63, 3.8) is 0 Å². The van der Waals surface area contributed by atoms with E-state index in [9.17, 15) is 9.90 Å². The van der Waals surface area contributed by atoms with Gasteiger partial charge in [0.2, 0.25) is 11.1 Å². The molecule has 1 saturated carbocycles. The van der Waals surface area contributed by atoms with Gasteiger partial charge in [0.15, 0.2) is 0 Å². The molecule has 0 saturated heterocycles. The zero-order valence-electron chi connectivity index (χ0n) is 12.3. The summed E-state index contributed by atoms with van der Waals surface area (Å²) < 4.78 is 1.78. The summed E-state index contributed by atoms with van der Waals surface area (Å²) in [7, 11) is 0. The first-order chi connectivity index (χ1) is 9.21. The molecule has 0 unspecified atom stereocenters. The van der Waals surface area contributed by atoms with E-state index >= 15 is 0 Å². The minimum atomic E-state index is -0.997. The molecule has 0 aliphatic heterocycles. The first-order valence-electron chi connectivity index (χ1n) is 6.65. The lowest BCUT2D eigenvalue weighted by Gasteiger charge is -2.37. The second-order valence-electron chi connectivity index (χ2n) is 6.16. The number of rotatable bonds is 6. The predicted molar refractivity (Wildman–Crippen MR) is 75.3 cm³/mol. The topological polar surface area (TPSA) is 92.9 Å². The molecule has 2 rings (SSSR count). The SMILES string of the molecule is CC(C)(O)C(C)(C)NC(=O)CSc1nnnn1C1CC1. The van der Waals surface area contributed by atoms with E-state index in [0.717, 1.165) is 12.8 Å². The number of carbonyl (C=O) groups excluding carboxylic acids is 1. The number of nitrogens with one attached hydrogen (secondary N) is 1. The van der Waals surface area contributed by atoms with E-state index in [-0.39, 0.29) is 11.7 Å². The smallest absolute Gasteiger partial charge is 0.230 e. The Balaban J connectivity index is 1.88. The monoisotopic (exact) mass is 299 g/mol. The molecule has 20 heavy (non-hydrogen) atoms. The molecule has 1 aromatic heterocycles. The Labute approximate surface area is 122 Å². The van der Waals surface area contributed by atoms with E-state index in [1.54, 1.807) is 32.4 Å². The zero-order valence-corrected chi connectivity index (χ0v) is 13.1. The maximum atomic E-state index is 12.0. The lowest BCUT2D eigenvalue weighted by Crippen LogP contribution is -2.58. The summed E-state index contributed by atoms with van der Waals surface area (Å²) in [5, 5.41) is 25.0. The van der Waals surface area contributed by atoms with Gasteiger partial charge in [0.05, 0.1) is 22.9 Å². The molecule has 1 aliphatic rings. The van der Waals surface area contributed by atoms with Gasteiger partial charge in [-0.25, -0.2) is 4.68 Å². The summed E-state index contributed by atoms with van der Waals surface area (Å²) in [6, 6.07) is 0.392. The van der Waals surface area contributed by atoms with Crippen LogP contribution in [-0.2, 0) is 4.79 Å². The summed E-state index contributed by atoms with van der Waals surface area (Å²) in [6.45, 7) is 6.94. The summed E-state index contributed by atoms with van der Waals surface area (Å²) in [4.78, 5) is 12.0. The van der Waals surface area contributed by atoms with Gasteiger partial charge in [0, 0.05) is 0 Å². The average Bonchev–Trinajstić information content (AvgIpc) is 3.04. The van der Waals surface area contributed by atoms with Crippen LogP contribution < -0.4 is 5.32 Å². The fourth-order valence-electron chi connectivity index (χ4n) is 1.50. The van der Waals surface area contributed by atoms with E-state index in [2.05, 4.69) is 20.8 Å². The molecule has 0 spiro atoms. The fourth-order valence-corrected chi connectivity index (χ4v) is 2.24. The second kappa shape index (κ2) is 5.33. The van der Waals surface area contributed by atoms with Crippen LogP contribution >= 0.6 is 11.8 Å². The highest BCUT2D eigenvalue weighted by Crippen LogP contribution is 2.36. The van der Waals surface area contributed by atoms with Crippen molar-refractivity contribution in [2.45, 2.75) is 62.9 Å². The Kier molecular flexibility index (Phi) is 4.06. The van der Waals surface area contributed by atoms with Gasteiger partial charge >= 0.3 is 0 Å². The van der Waals surface area contributed by atoms with Crippen molar-refractivity contribution in [3.8, 4) is 0 Å². The molecule has 1 amide bonds. The Bertz CT molecular complexity index is 490. The van der Waals surface area contributed by atoms with Gasteiger partial charge in [0.25, 0.3) is 0 Å². The van der Waals surface area contributed by atoms with Crippen molar-refractivity contribution in [2.24, 2.45) is 0 Å². The number of carbonyl (C=O) groups is 1. The highest BCUT2D eigenvalue weighted by molar-refractivity contribution is 7.99. The van der Waals surface area contributed by atoms with E-state index < -0.39 is 11.1 Å². The quantitative estimate of drug-likeness (QED) is 0.754. The molecular formula is C12H21N5O2S. The number of aromatic nitrogens is 4. The van der Waals surface area contributed by atoms with Gasteiger partial charge in [-0.3, -0.25) is 4.79 Å². The fraction of sp³-hybridized carbons (Fsp3) is 0.833. The van der Waals surface area contributed by atoms with Crippen molar-refractivity contribution < 1.29 is 9.90 Å². The number of amides is 1. The van der Waals surface area contributed by atoms with Gasteiger partial charge < -0.3 is 10.4 Å². The van der Waals surface area contributed by atoms with Crippen LogP contribution in [-0.4, -0.2) is 48.1 Å². The standard InChI is InChI=1S/C12H21N5O2S/c1-11(2,12(3,4)19)13-9(18)7-20-10-14-15-16-17(10)8-5-6-8/h8,19H,5-7H2,1-4H3,(H,13,18). The van der Waals surface area contributed by atoms with Crippen LogP contribution in [0, 0.1) is 0 Å². The second-order valence-corrected chi connectivity index (χ2v) is 7.10. The van der Waals surface area contributed by atoms with E-state index in [1.807, 2.05) is 0 Å². The van der Waals surface area contributed by atoms with E-state index in [4.69, 9.17) is 0 Å². The molecule has 1 fully saturated rings. The molecule has 1 aliphatic carbocycles. The van der Waals surface area contributed by atoms with Crippen molar-refractivity contribution in [1.82, 2.24) is 25.5 Å². The van der Waals surface area contributed by atoms with Gasteiger partial charge in [0.1, 0.15) is 0 Å². The molecule has 1 aromatic rings. The lowest BCUT2D eigenvalue weighted by molar-refractivity contribution is -0.123. The van der Waals surface area contributed by atoms with Crippen LogP contribution in [0.15, 0.2) is 5.16 Å². The number of tetrazole rings is 1. The van der Waals surface area contributed by atoms with Crippen LogP contribution in [0.1, 0.15) is 46.6 Å². The summed E-state index contributed by atoms with van der Waals surface area (Å²) in [6.07, 6.45) is 2.19. The van der Waals surface area contributed by atoms with Gasteiger partial charge in [-0.05, 0) is 51.0 Å². The first-order valence-corrected chi connectivity index (χ1v) is 7.63. The highest BCUT2D eigenvalue weighted by Gasteiger charge is 2.36. The van der Waals surface area contributed by atoms with Crippen LogP contribution in [0.4, 0.5) is 0 Å². The molecule has 0 aromatic carbocycles. The minimum absolute atomic E-state index is 0.146. The summed E-state index contributed by atoms with van der Waals surface area (Å²) in [5.41, 5.74) is -1.70. The molecule has 2 N–H and O–H groups in total. The third-order valence-electron chi connectivity index (χ3n) is 3.67. The molecule has 1 heterocycles. The Morgan fingerprint density at radius 2 is 2.10 bits per heavy atom. The number of thioether (sulfide) groups is 1. The molecule has 0 atom stereocenters. The van der Waals surface area contributed by atoms with Crippen molar-refractivity contribution >= 4 is 17.7 Å². The van der Waals surface area contributed by atoms with E-state index in [1.165, 1.54) is 11.8 Å². The van der Waals surface area contributed by atoms with E-state index in [0.29, 0.717) is 11.2 Å². The largest absolute Gasteiger partial charge is 0.388 e. The number of aliphatic hydroxyl groups is 1. The maximum absolute atomic E-state index is 12.0. The van der Waals surface area contributed by atoms with Gasteiger partial charge in [-0.1, -0.05) is 11.8 Å². The molecule has 0 bridgehead atoms.